The second kappa shape index (κ2) is 11.5. The van der Waals surface area contributed by atoms with Crippen molar-refractivity contribution in [2.75, 3.05) is 0 Å². The van der Waals surface area contributed by atoms with Crippen LogP contribution < -0.4 is 0 Å². The van der Waals surface area contributed by atoms with E-state index in [4.69, 9.17) is 9.97 Å². The number of benzene rings is 3. The van der Waals surface area contributed by atoms with Crippen LogP contribution in [0.5, 0.6) is 0 Å². The predicted octanol–water partition coefficient (Wildman–Crippen LogP) is 8.78. The fourth-order valence-electron chi connectivity index (χ4n) is 6.01. The van der Waals surface area contributed by atoms with Gasteiger partial charge in [-0.05, 0) is 84.9 Å². The first-order chi connectivity index (χ1) is 23.2. The minimum absolute atomic E-state index is 0.355. The molecule has 0 aliphatic heterocycles. The third-order valence-electron chi connectivity index (χ3n) is 8.21. The highest BCUT2D eigenvalue weighted by Gasteiger charge is 2.16. The van der Waals surface area contributed by atoms with Gasteiger partial charge < -0.3 is 4.57 Å². The van der Waals surface area contributed by atoms with Crippen LogP contribution in [0.1, 0.15) is 11.4 Å². The van der Waals surface area contributed by atoms with E-state index in [0.717, 1.165) is 72.5 Å². The summed E-state index contributed by atoms with van der Waals surface area (Å²) in [5.74, 6) is 0. The van der Waals surface area contributed by atoms with Gasteiger partial charge in [0.25, 0.3) is 0 Å². The molecule has 7 heteroatoms. The fraction of sp³-hybridized carbons (Fsp3) is 0. The number of nitriles is 2. The molecule has 47 heavy (non-hydrogen) atoms. The maximum absolute atomic E-state index is 9.34. The molecule has 0 fully saturated rings. The highest BCUT2D eigenvalue weighted by Crippen LogP contribution is 2.37. The van der Waals surface area contributed by atoms with Crippen molar-refractivity contribution in [3.63, 3.8) is 0 Å². The smallest absolute Gasteiger partial charge is 0.141 e. The lowest BCUT2D eigenvalue weighted by molar-refractivity contribution is 1.18. The van der Waals surface area contributed by atoms with Crippen molar-refractivity contribution in [1.82, 2.24) is 24.5 Å². The number of rotatable bonds is 5. The summed E-state index contributed by atoms with van der Waals surface area (Å²) in [6, 6.07) is 46.6. The molecule has 5 aromatic heterocycles. The maximum atomic E-state index is 9.34. The zero-order valence-electron chi connectivity index (χ0n) is 24.9. The molecule has 8 aromatic rings. The largest absolute Gasteiger partial charge is 0.309 e. The van der Waals surface area contributed by atoms with Crippen LogP contribution in [0.15, 0.2) is 140 Å². The van der Waals surface area contributed by atoms with Crippen molar-refractivity contribution in [1.29, 1.82) is 10.5 Å². The Bertz CT molecular complexity index is 2400. The first-order valence-corrected chi connectivity index (χ1v) is 15.0. The van der Waals surface area contributed by atoms with E-state index >= 15 is 0 Å². The molecule has 0 unspecified atom stereocenters. The summed E-state index contributed by atoms with van der Waals surface area (Å²) in [5, 5.41) is 20.9. The van der Waals surface area contributed by atoms with Crippen molar-refractivity contribution >= 4 is 21.8 Å². The molecule has 5 heterocycles. The number of aromatic nitrogens is 5. The van der Waals surface area contributed by atoms with Crippen molar-refractivity contribution in [3.05, 3.63) is 151 Å². The van der Waals surface area contributed by atoms with Crippen molar-refractivity contribution < 1.29 is 0 Å². The third kappa shape index (κ3) is 5.04. The van der Waals surface area contributed by atoms with E-state index in [9.17, 15) is 10.5 Å². The molecule has 0 radical (unpaired) electrons. The van der Waals surface area contributed by atoms with E-state index in [-0.39, 0.29) is 0 Å². The molecule has 218 valence electrons. The van der Waals surface area contributed by atoms with Gasteiger partial charge >= 0.3 is 0 Å². The highest BCUT2D eigenvalue weighted by atomic mass is 15.0. The van der Waals surface area contributed by atoms with E-state index in [1.54, 1.807) is 24.5 Å². The molecule has 0 aliphatic rings. The van der Waals surface area contributed by atoms with Gasteiger partial charge in [-0.1, -0.05) is 42.5 Å². The van der Waals surface area contributed by atoms with E-state index in [1.165, 1.54) is 0 Å². The number of pyridine rings is 4. The van der Waals surface area contributed by atoms with Crippen molar-refractivity contribution in [2.24, 2.45) is 0 Å². The Kier molecular flexibility index (Phi) is 6.76. The summed E-state index contributed by atoms with van der Waals surface area (Å²) < 4.78 is 2.28. The number of hydrogen-bond acceptors (Lipinski definition) is 6. The zero-order chi connectivity index (χ0) is 31.7. The summed E-state index contributed by atoms with van der Waals surface area (Å²) >= 11 is 0. The lowest BCUT2D eigenvalue weighted by atomic mass is 10.0. The van der Waals surface area contributed by atoms with E-state index in [2.05, 4.69) is 75.2 Å². The van der Waals surface area contributed by atoms with Crippen molar-refractivity contribution in [3.8, 4) is 62.9 Å². The molecular formula is C40H23N7. The van der Waals surface area contributed by atoms with Gasteiger partial charge in [-0.25, -0.2) is 19.9 Å². The Morgan fingerprint density at radius 1 is 0.447 bits per heavy atom. The zero-order valence-corrected chi connectivity index (χ0v) is 24.9. The summed E-state index contributed by atoms with van der Waals surface area (Å²) in [4.78, 5) is 18.2. The quantitative estimate of drug-likeness (QED) is 0.195. The Balaban J connectivity index is 1.29. The van der Waals surface area contributed by atoms with Gasteiger partial charge in [-0.3, -0.25) is 0 Å². The molecule has 0 saturated heterocycles. The normalized spacial score (nSPS) is 10.9. The fourth-order valence-corrected chi connectivity index (χ4v) is 6.01. The monoisotopic (exact) mass is 601 g/mol. The second-order valence-corrected chi connectivity index (χ2v) is 11.0. The second-order valence-electron chi connectivity index (χ2n) is 11.0. The molecule has 0 amide bonds. The Morgan fingerprint density at radius 2 is 0.894 bits per heavy atom. The number of hydrogen-bond donors (Lipinski definition) is 0. The van der Waals surface area contributed by atoms with Crippen LogP contribution in [0.3, 0.4) is 0 Å². The maximum Gasteiger partial charge on any atom is 0.141 e. The Morgan fingerprint density at radius 3 is 1.34 bits per heavy atom. The van der Waals surface area contributed by atoms with Crippen LogP contribution in [0.2, 0.25) is 0 Å². The van der Waals surface area contributed by atoms with Crippen LogP contribution in [0.25, 0.3) is 72.5 Å². The molecule has 0 spiro atoms. The lowest BCUT2D eigenvalue weighted by Crippen LogP contribution is -1.93. The van der Waals surface area contributed by atoms with Gasteiger partial charge in [0.1, 0.15) is 23.5 Å². The van der Waals surface area contributed by atoms with Crippen LogP contribution in [-0.2, 0) is 0 Å². The standard InChI is InChI=1S/C40H23N7/c41-24-30-20-28(16-18-43-30)37-10-4-8-35(45-37)26-12-14-39-33(22-26)34-23-27(13-15-40(34)47(39)32-6-2-1-3-7-32)36-9-5-11-38(46-36)29-17-19-44-31(21-29)25-42/h1-23H. The summed E-state index contributed by atoms with van der Waals surface area (Å²) in [5.41, 5.74) is 10.8. The van der Waals surface area contributed by atoms with E-state index < -0.39 is 0 Å². The van der Waals surface area contributed by atoms with Gasteiger partial charge in [0.05, 0.1) is 33.8 Å². The molecule has 0 atom stereocenters. The molecule has 0 saturated carbocycles. The Hall–Kier alpha value is -6.96. The molecule has 8 rings (SSSR count). The topological polar surface area (TPSA) is 104 Å². The molecule has 0 aliphatic carbocycles. The van der Waals surface area contributed by atoms with Gasteiger partial charge in [-0.2, -0.15) is 10.5 Å². The Labute approximate surface area is 270 Å². The predicted molar refractivity (Wildman–Crippen MR) is 183 cm³/mol. The number of nitrogens with zero attached hydrogens (tertiary/aromatic N) is 7. The summed E-state index contributed by atoms with van der Waals surface area (Å²) in [6.45, 7) is 0. The average Bonchev–Trinajstić information content (AvgIpc) is 3.48. The summed E-state index contributed by atoms with van der Waals surface area (Å²) in [6.07, 6.45) is 3.27. The van der Waals surface area contributed by atoms with E-state index in [0.29, 0.717) is 11.4 Å². The first kappa shape index (κ1) is 27.6. The minimum atomic E-state index is 0.355. The van der Waals surface area contributed by atoms with Crippen LogP contribution >= 0.6 is 0 Å². The summed E-state index contributed by atoms with van der Waals surface area (Å²) in [7, 11) is 0. The molecule has 0 N–H and O–H groups in total. The lowest BCUT2D eigenvalue weighted by Gasteiger charge is -2.09. The number of fused-ring (bicyclic) bond motifs is 3. The van der Waals surface area contributed by atoms with Crippen LogP contribution in [0.4, 0.5) is 0 Å². The average molecular weight is 602 g/mol. The van der Waals surface area contributed by atoms with Crippen LogP contribution in [-0.4, -0.2) is 24.5 Å². The molecule has 0 bridgehead atoms. The molecule has 3 aromatic carbocycles. The first-order valence-electron chi connectivity index (χ1n) is 15.0. The van der Waals surface area contributed by atoms with Crippen molar-refractivity contribution in [2.45, 2.75) is 0 Å². The molecular weight excluding hydrogens is 578 g/mol. The van der Waals surface area contributed by atoms with Gasteiger partial charge in [-0.15, -0.1) is 0 Å². The van der Waals surface area contributed by atoms with Gasteiger partial charge in [0.15, 0.2) is 0 Å². The minimum Gasteiger partial charge on any atom is -0.309 e. The van der Waals surface area contributed by atoms with Gasteiger partial charge in [0, 0.05) is 51.1 Å². The third-order valence-corrected chi connectivity index (χ3v) is 8.21. The number of para-hydroxylation sites is 1. The highest BCUT2D eigenvalue weighted by molar-refractivity contribution is 6.11. The van der Waals surface area contributed by atoms with Crippen LogP contribution in [0, 0.1) is 22.7 Å². The van der Waals surface area contributed by atoms with Gasteiger partial charge in [0.2, 0.25) is 0 Å². The SMILES string of the molecule is N#Cc1cc(-c2cccc(-c3ccc4c(c3)c3cc(-c5cccc(-c6ccnc(C#N)c6)n5)ccc3n4-c3ccccc3)n2)ccn1. The van der Waals surface area contributed by atoms with E-state index in [1.807, 2.05) is 66.7 Å². The molecule has 7 nitrogen and oxygen atoms in total.